The van der Waals surface area contributed by atoms with E-state index in [2.05, 4.69) is 5.32 Å². The number of benzene rings is 1. The van der Waals surface area contributed by atoms with Crippen molar-refractivity contribution in [2.45, 2.75) is 46.3 Å². The maximum absolute atomic E-state index is 12.3. The summed E-state index contributed by atoms with van der Waals surface area (Å²) in [5.41, 5.74) is -0.408. The van der Waals surface area contributed by atoms with Crippen LogP contribution in [-0.2, 0) is 19.1 Å². The van der Waals surface area contributed by atoms with E-state index in [1.807, 2.05) is 0 Å². The Hall–Kier alpha value is -2.08. The molecule has 0 bridgehead atoms. The average molecular weight is 370 g/mol. The highest BCUT2D eigenvalue weighted by atomic mass is 35.5. The van der Waals surface area contributed by atoms with Gasteiger partial charge in [0.05, 0.1) is 10.6 Å². The highest BCUT2D eigenvalue weighted by molar-refractivity contribution is 6.33. The van der Waals surface area contributed by atoms with Gasteiger partial charge in [0.2, 0.25) is 0 Å². The maximum Gasteiger partial charge on any atom is 0.344 e. The van der Waals surface area contributed by atoms with Gasteiger partial charge in [-0.2, -0.15) is 0 Å². The van der Waals surface area contributed by atoms with E-state index in [-0.39, 0.29) is 16.5 Å². The minimum Gasteiger partial charge on any atom is -0.457 e. The van der Waals surface area contributed by atoms with Gasteiger partial charge in [0.15, 0.2) is 6.61 Å². The summed E-state index contributed by atoms with van der Waals surface area (Å²) in [5.74, 6) is -2.09. The lowest BCUT2D eigenvalue weighted by atomic mass is 10.0. The minimum absolute atomic E-state index is 0.238. The van der Waals surface area contributed by atoms with E-state index >= 15 is 0 Å². The molecule has 0 heterocycles. The average Bonchev–Trinajstić information content (AvgIpc) is 2.48. The summed E-state index contributed by atoms with van der Waals surface area (Å²) in [4.78, 5) is 36.2. The zero-order chi connectivity index (χ0) is 19.2. The molecule has 138 valence electrons. The lowest BCUT2D eigenvalue weighted by molar-refractivity contribution is -0.167. The first-order chi connectivity index (χ1) is 11.5. The molecule has 25 heavy (non-hydrogen) atoms. The molecule has 1 amide bonds. The molecule has 0 fully saturated rings. The van der Waals surface area contributed by atoms with E-state index in [1.165, 1.54) is 0 Å². The Labute approximate surface area is 152 Å². The number of amides is 1. The molecule has 0 spiro atoms. The molecule has 0 radical (unpaired) electrons. The quantitative estimate of drug-likeness (QED) is 0.779. The number of carbonyl (C=O) groups is 3. The third kappa shape index (κ3) is 7.13. The number of carbonyl (C=O) groups excluding carboxylic acids is 3. The van der Waals surface area contributed by atoms with Crippen LogP contribution in [0.1, 0.15) is 45.0 Å². The van der Waals surface area contributed by atoms with Crippen LogP contribution >= 0.6 is 11.6 Å². The second-order valence-electron chi connectivity index (χ2n) is 6.87. The van der Waals surface area contributed by atoms with Crippen LogP contribution in [0.2, 0.25) is 5.02 Å². The Morgan fingerprint density at radius 2 is 1.76 bits per heavy atom. The van der Waals surface area contributed by atoms with Crippen molar-refractivity contribution in [2.24, 2.45) is 5.92 Å². The van der Waals surface area contributed by atoms with Crippen molar-refractivity contribution in [3.63, 3.8) is 0 Å². The Morgan fingerprint density at radius 3 is 2.28 bits per heavy atom. The zero-order valence-corrected chi connectivity index (χ0v) is 15.8. The predicted octanol–water partition coefficient (Wildman–Crippen LogP) is 2.98. The van der Waals surface area contributed by atoms with E-state index < -0.39 is 36.1 Å². The van der Waals surface area contributed by atoms with Crippen molar-refractivity contribution in [2.75, 3.05) is 6.61 Å². The summed E-state index contributed by atoms with van der Waals surface area (Å²) in [6.45, 7) is 8.15. The first-order valence-corrected chi connectivity index (χ1v) is 8.33. The molecular weight excluding hydrogens is 346 g/mol. The largest absolute Gasteiger partial charge is 0.457 e. The summed E-state index contributed by atoms with van der Waals surface area (Å²) in [7, 11) is 0. The van der Waals surface area contributed by atoms with Crippen LogP contribution in [0.15, 0.2) is 24.3 Å². The molecule has 1 aromatic rings. The van der Waals surface area contributed by atoms with Crippen molar-refractivity contribution < 1.29 is 23.9 Å². The summed E-state index contributed by atoms with van der Waals surface area (Å²) in [5, 5.41) is 2.88. The molecule has 0 aromatic heterocycles. The lowest BCUT2D eigenvalue weighted by Crippen LogP contribution is -2.46. The van der Waals surface area contributed by atoms with Crippen molar-refractivity contribution in [1.82, 2.24) is 5.32 Å². The highest BCUT2D eigenvalue weighted by Gasteiger charge is 2.28. The summed E-state index contributed by atoms with van der Waals surface area (Å²) >= 11 is 5.99. The number of esters is 2. The van der Waals surface area contributed by atoms with Gasteiger partial charge in [-0.25, -0.2) is 9.59 Å². The molecule has 0 saturated heterocycles. The smallest absolute Gasteiger partial charge is 0.344 e. The maximum atomic E-state index is 12.3. The van der Waals surface area contributed by atoms with Gasteiger partial charge in [-0.1, -0.05) is 37.6 Å². The highest BCUT2D eigenvalue weighted by Crippen LogP contribution is 2.16. The van der Waals surface area contributed by atoms with Crippen LogP contribution < -0.4 is 5.32 Å². The molecule has 6 nitrogen and oxygen atoms in total. The topological polar surface area (TPSA) is 81.7 Å². The Balaban J connectivity index is 2.70. The summed E-state index contributed by atoms with van der Waals surface area (Å²) in [6.07, 6.45) is 0. The first-order valence-electron chi connectivity index (χ1n) is 7.95. The molecule has 1 atom stereocenters. The van der Waals surface area contributed by atoms with Gasteiger partial charge in [0.25, 0.3) is 5.91 Å². The number of hydrogen-bond donors (Lipinski definition) is 1. The number of rotatable bonds is 6. The zero-order valence-electron chi connectivity index (χ0n) is 15.1. The van der Waals surface area contributed by atoms with Crippen molar-refractivity contribution in [1.29, 1.82) is 0 Å². The minimum atomic E-state index is -0.911. The molecule has 0 aliphatic heterocycles. The van der Waals surface area contributed by atoms with Crippen LogP contribution in [0.5, 0.6) is 0 Å². The fraction of sp³-hybridized carbons (Fsp3) is 0.500. The second kappa shape index (κ2) is 8.85. The van der Waals surface area contributed by atoms with Crippen LogP contribution in [0.3, 0.4) is 0 Å². The van der Waals surface area contributed by atoms with Crippen LogP contribution in [0, 0.1) is 5.92 Å². The van der Waals surface area contributed by atoms with Crippen LogP contribution in [0.25, 0.3) is 0 Å². The molecular formula is C18H24ClNO5. The van der Waals surface area contributed by atoms with E-state index in [0.29, 0.717) is 0 Å². The number of halogens is 1. The molecule has 0 aliphatic rings. The summed E-state index contributed by atoms with van der Waals surface area (Å²) < 4.78 is 10.1. The van der Waals surface area contributed by atoms with Gasteiger partial charge in [-0.3, -0.25) is 4.79 Å². The van der Waals surface area contributed by atoms with Gasteiger partial charge >= 0.3 is 11.9 Å². The molecule has 0 saturated carbocycles. The monoisotopic (exact) mass is 369 g/mol. The summed E-state index contributed by atoms with van der Waals surface area (Å²) in [6, 6.07) is 5.61. The van der Waals surface area contributed by atoms with Gasteiger partial charge in [0, 0.05) is 0 Å². The third-order valence-electron chi connectivity index (χ3n) is 3.08. The Bertz CT molecular complexity index is 637. The van der Waals surface area contributed by atoms with E-state index in [4.69, 9.17) is 21.1 Å². The van der Waals surface area contributed by atoms with Crippen LogP contribution in [0.4, 0.5) is 0 Å². The predicted molar refractivity (Wildman–Crippen MR) is 94.3 cm³/mol. The molecule has 1 rings (SSSR count). The SMILES string of the molecule is CC(C)[C@H](NC(=O)c1ccccc1Cl)C(=O)OCC(=O)OC(C)(C)C. The van der Waals surface area contributed by atoms with E-state index in [9.17, 15) is 14.4 Å². The van der Waals surface area contributed by atoms with Gasteiger partial charge in [-0.15, -0.1) is 0 Å². The van der Waals surface area contributed by atoms with Gasteiger partial charge < -0.3 is 14.8 Å². The fourth-order valence-electron chi connectivity index (χ4n) is 1.95. The molecule has 0 aliphatic carbocycles. The Kier molecular flexibility index (Phi) is 7.42. The number of hydrogen-bond acceptors (Lipinski definition) is 5. The second-order valence-corrected chi connectivity index (χ2v) is 7.28. The first kappa shape index (κ1) is 21.0. The van der Waals surface area contributed by atoms with Crippen molar-refractivity contribution >= 4 is 29.4 Å². The van der Waals surface area contributed by atoms with Crippen molar-refractivity contribution in [3.05, 3.63) is 34.9 Å². The Morgan fingerprint density at radius 1 is 1.16 bits per heavy atom. The molecule has 1 N–H and O–H groups in total. The molecule has 0 unspecified atom stereocenters. The fourth-order valence-corrected chi connectivity index (χ4v) is 2.17. The van der Waals surface area contributed by atoms with Crippen molar-refractivity contribution in [3.8, 4) is 0 Å². The number of nitrogens with one attached hydrogen (secondary N) is 1. The lowest BCUT2D eigenvalue weighted by Gasteiger charge is -2.22. The van der Waals surface area contributed by atoms with E-state index in [1.54, 1.807) is 58.9 Å². The number of ether oxygens (including phenoxy) is 2. The standard InChI is InChI=1S/C18H24ClNO5/c1-11(2)15(17(23)24-10-14(21)25-18(3,4)5)20-16(22)12-8-6-7-9-13(12)19/h6-9,11,15H,10H2,1-5H3,(H,20,22)/t15-/m0/s1. The molecule has 1 aromatic carbocycles. The normalized spacial score (nSPS) is 12.4. The molecule has 7 heteroatoms. The van der Waals surface area contributed by atoms with Gasteiger partial charge in [-0.05, 0) is 38.8 Å². The third-order valence-corrected chi connectivity index (χ3v) is 3.41. The van der Waals surface area contributed by atoms with Crippen LogP contribution in [-0.4, -0.2) is 36.1 Å². The van der Waals surface area contributed by atoms with Gasteiger partial charge in [0.1, 0.15) is 11.6 Å². The van der Waals surface area contributed by atoms with E-state index in [0.717, 1.165) is 0 Å².